The van der Waals surface area contributed by atoms with Crippen molar-refractivity contribution >= 4 is 43.8 Å². The molecule has 0 spiro atoms. The number of nitrogens with one attached hydrogen (secondary N) is 3. The molecule has 4 rings (SSSR count). The summed E-state index contributed by atoms with van der Waals surface area (Å²) < 4.78 is 1.18. The van der Waals surface area contributed by atoms with Gasteiger partial charge in [0.15, 0.2) is 0 Å². The first-order valence-corrected chi connectivity index (χ1v) is 11.4. The van der Waals surface area contributed by atoms with E-state index in [1.807, 2.05) is 18.2 Å². The molecule has 3 heterocycles. The van der Waals surface area contributed by atoms with Gasteiger partial charge in [0.25, 0.3) is 0 Å². The lowest BCUT2D eigenvalue weighted by atomic mass is 10.0. The molecule has 0 saturated carbocycles. The molecule has 0 saturated heterocycles. The molecule has 0 unspecified atom stereocenters. The second-order valence-electron chi connectivity index (χ2n) is 7.47. The number of thiazole rings is 1. The smallest absolute Gasteiger partial charge is 0.226 e. The summed E-state index contributed by atoms with van der Waals surface area (Å²) in [5, 5.41) is 12.0. The van der Waals surface area contributed by atoms with Gasteiger partial charge in [-0.25, -0.2) is 4.98 Å². The first-order chi connectivity index (χ1) is 13.5. The maximum Gasteiger partial charge on any atom is 0.226 e. The van der Waals surface area contributed by atoms with Crippen molar-refractivity contribution in [1.82, 2.24) is 15.6 Å². The van der Waals surface area contributed by atoms with Crippen LogP contribution in [0.5, 0.6) is 0 Å². The molecule has 5 nitrogen and oxygen atoms in total. The molecule has 1 atom stereocenters. The SMILES string of the molecule is CC(C)NCCC(=O)Nc1sc2c(c1-c1nc3ccccc3s1)CCN[C@@H]2C. The Hall–Kier alpha value is -1.80. The van der Waals surface area contributed by atoms with Crippen LogP contribution in [0.4, 0.5) is 5.00 Å². The van der Waals surface area contributed by atoms with Gasteiger partial charge in [-0.3, -0.25) is 4.79 Å². The van der Waals surface area contributed by atoms with Gasteiger partial charge < -0.3 is 16.0 Å². The van der Waals surface area contributed by atoms with Gasteiger partial charge in [-0.05, 0) is 37.6 Å². The molecule has 0 bridgehead atoms. The van der Waals surface area contributed by atoms with Gasteiger partial charge in [0.1, 0.15) is 10.0 Å². The third kappa shape index (κ3) is 3.98. The number of thiophene rings is 1. The molecular weight excluding hydrogens is 388 g/mol. The van der Waals surface area contributed by atoms with Crippen molar-refractivity contribution in [3.63, 3.8) is 0 Å². The fraction of sp³-hybridized carbons (Fsp3) is 0.429. The number of anilines is 1. The van der Waals surface area contributed by atoms with Crippen LogP contribution in [0.2, 0.25) is 0 Å². The third-order valence-corrected chi connectivity index (χ3v) is 7.31. The Morgan fingerprint density at radius 3 is 2.93 bits per heavy atom. The van der Waals surface area contributed by atoms with Gasteiger partial charge in [-0.1, -0.05) is 26.0 Å². The molecule has 1 aromatic carbocycles. The molecule has 1 aliphatic heterocycles. The van der Waals surface area contributed by atoms with Gasteiger partial charge in [-0.2, -0.15) is 0 Å². The van der Waals surface area contributed by atoms with E-state index in [0.29, 0.717) is 25.0 Å². The highest BCUT2D eigenvalue weighted by atomic mass is 32.1. The summed E-state index contributed by atoms with van der Waals surface area (Å²) in [5.74, 6) is 0.0507. The summed E-state index contributed by atoms with van der Waals surface area (Å²) in [4.78, 5) is 18.8. The van der Waals surface area contributed by atoms with Crippen LogP contribution in [0.1, 0.15) is 43.7 Å². The highest BCUT2D eigenvalue weighted by molar-refractivity contribution is 7.23. The second kappa shape index (κ2) is 8.29. The Labute approximate surface area is 173 Å². The fourth-order valence-corrected chi connectivity index (χ4v) is 5.95. The lowest BCUT2D eigenvalue weighted by molar-refractivity contribution is -0.116. The zero-order chi connectivity index (χ0) is 19.7. The minimum absolute atomic E-state index is 0.0507. The summed E-state index contributed by atoms with van der Waals surface area (Å²) >= 11 is 3.40. The van der Waals surface area contributed by atoms with Crippen molar-refractivity contribution in [2.45, 2.75) is 45.7 Å². The summed E-state index contributed by atoms with van der Waals surface area (Å²) in [6.45, 7) is 8.00. The minimum Gasteiger partial charge on any atom is -0.317 e. The molecule has 28 heavy (non-hydrogen) atoms. The van der Waals surface area contributed by atoms with E-state index in [4.69, 9.17) is 4.98 Å². The Balaban J connectivity index is 1.68. The predicted molar refractivity (Wildman–Crippen MR) is 119 cm³/mol. The Bertz CT molecular complexity index is 959. The van der Waals surface area contributed by atoms with E-state index in [1.165, 1.54) is 15.1 Å². The molecule has 0 aliphatic carbocycles. The number of hydrogen-bond donors (Lipinski definition) is 3. The number of hydrogen-bond acceptors (Lipinski definition) is 6. The molecule has 3 N–H and O–H groups in total. The summed E-state index contributed by atoms with van der Waals surface area (Å²) in [6.07, 6.45) is 1.43. The topological polar surface area (TPSA) is 66.0 Å². The number of nitrogens with zero attached hydrogens (tertiary/aromatic N) is 1. The van der Waals surface area contributed by atoms with E-state index in [2.05, 4.69) is 42.8 Å². The van der Waals surface area contributed by atoms with Crippen molar-refractivity contribution in [3.05, 3.63) is 34.7 Å². The largest absolute Gasteiger partial charge is 0.317 e. The number of aromatic nitrogens is 1. The zero-order valence-corrected chi connectivity index (χ0v) is 18.1. The van der Waals surface area contributed by atoms with Crippen LogP contribution in [0.3, 0.4) is 0 Å². The predicted octanol–water partition coefficient (Wildman–Crippen LogP) is 4.56. The average Bonchev–Trinajstić information content (AvgIpc) is 3.22. The van der Waals surface area contributed by atoms with Crippen molar-refractivity contribution in [1.29, 1.82) is 0 Å². The monoisotopic (exact) mass is 414 g/mol. The number of carbonyl (C=O) groups excluding carboxylic acids is 1. The zero-order valence-electron chi connectivity index (χ0n) is 16.5. The van der Waals surface area contributed by atoms with Gasteiger partial charge in [-0.15, -0.1) is 22.7 Å². The molecule has 0 radical (unpaired) electrons. The van der Waals surface area contributed by atoms with E-state index < -0.39 is 0 Å². The van der Waals surface area contributed by atoms with Gasteiger partial charge in [0.2, 0.25) is 5.91 Å². The second-order valence-corrected chi connectivity index (χ2v) is 9.55. The van der Waals surface area contributed by atoms with E-state index in [0.717, 1.165) is 34.1 Å². The van der Waals surface area contributed by atoms with Crippen molar-refractivity contribution < 1.29 is 4.79 Å². The number of benzene rings is 1. The molecular formula is C21H26N4OS2. The summed E-state index contributed by atoms with van der Waals surface area (Å²) in [6, 6.07) is 8.90. The number of carbonyl (C=O) groups is 1. The Morgan fingerprint density at radius 2 is 2.14 bits per heavy atom. The van der Waals surface area contributed by atoms with Crippen molar-refractivity contribution in [2.24, 2.45) is 0 Å². The van der Waals surface area contributed by atoms with Gasteiger partial charge in [0.05, 0.1) is 10.2 Å². The van der Waals surface area contributed by atoms with Crippen LogP contribution in [0.15, 0.2) is 24.3 Å². The van der Waals surface area contributed by atoms with Crippen LogP contribution in [-0.4, -0.2) is 30.0 Å². The van der Waals surface area contributed by atoms with Crippen LogP contribution in [0, 0.1) is 0 Å². The molecule has 148 valence electrons. The maximum atomic E-state index is 12.6. The first kappa shape index (κ1) is 19.5. The third-order valence-electron chi connectivity index (χ3n) is 4.92. The van der Waals surface area contributed by atoms with Gasteiger partial charge >= 0.3 is 0 Å². The van der Waals surface area contributed by atoms with Crippen molar-refractivity contribution in [3.8, 4) is 10.6 Å². The molecule has 3 aromatic rings. The highest BCUT2D eigenvalue weighted by Crippen LogP contribution is 2.46. The van der Waals surface area contributed by atoms with E-state index in [-0.39, 0.29) is 5.91 Å². The first-order valence-electron chi connectivity index (χ1n) is 9.81. The summed E-state index contributed by atoms with van der Waals surface area (Å²) in [5.41, 5.74) is 3.48. The van der Waals surface area contributed by atoms with Crippen molar-refractivity contribution in [2.75, 3.05) is 18.4 Å². The van der Waals surface area contributed by atoms with Crippen LogP contribution in [-0.2, 0) is 11.2 Å². The lowest BCUT2D eigenvalue weighted by Crippen LogP contribution is -2.27. The normalized spacial score (nSPS) is 16.5. The molecule has 1 aliphatic rings. The molecule has 0 fully saturated rings. The number of para-hydroxylation sites is 1. The maximum absolute atomic E-state index is 12.6. The van der Waals surface area contributed by atoms with Crippen LogP contribution in [0.25, 0.3) is 20.8 Å². The Morgan fingerprint density at radius 1 is 1.32 bits per heavy atom. The van der Waals surface area contributed by atoms with E-state index in [1.54, 1.807) is 22.7 Å². The molecule has 2 aromatic heterocycles. The lowest BCUT2D eigenvalue weighted by Gasteiger charge is -2.20. The number of amides is 1. The number of rotatable bonds is 6. The van der Waals surface area contributed by atoms with Crippen LogP contribution < -0.4 is 16.0 Å². The quantitative estimate of drug-likeness (QED) is 0.553. The highest BCUT2D eigenvalue weighted by Gasteiger charge is 2.28. The van der Waals surface area contributed by atoms with Crippen LogP contribution >= 0.6 is 22.7 Å². The minimum atomic E-state index is 0.0507. The fourth-order valence-electron chi connectivity index (χ4n) is 3.54. The Kier molecular flexibility index (Phi) is 5.78. The van der Waals surface area contributed by atoms with E-state index in [9.17, 15) is 4.79 Å². The van der Waals surface area contributed by atoms with E-state index >= 15 is 0 Å². The average molecular weight is 415 g/mol. The molecule has 7 heteroatoms. The standard InChI is InChI=1S/C21H26N4OS2/c1-12(2)22-11-9-17(26)25-21-18(14-8-10-23-13(3)19(14)28-21)20-24-15-6-4-5-7-16(15)27-20/h4-7,12-13,22-23H,8-11H2,1-3H3,(H,25,26)/t13-/m1/s1. The summed E-state index contributed by atoms with van der Waals surface area (Å²) in [7, 11) is 0. The molecule has 1 amide bonds. The number of fused-ring (bicyclic) bond motifs is 2. The van der Waals surface area contributed by atoms with Gasteiger partial charge in [0, 0.05) is 35.5 Å².